The van der Waals surface area contributed by atoms with E-state index in [4.69, 9.17) is 5.73 Å². The number of nitrogens with two attached hydrogens (primary N) is 1. The molecule has 1 saturated carbocycles. The maximum Gasteiger partial charge on any atom is 0.238 e. The first kappa shape index (κ1) is 17.9. The molecule has 0 spiro atoms. The first-order valence-electron chi connectivity index (χ1n) is 9.36. The number of likely N-dealkylation sites (tertiary alicyclic amines) is 1. The van der Waals surface area contributed by atoms with Gasteiger partial charge in [0.2, 0.25) is 11.8 Å². The van der Waals surface area contributed by atoms with E-state index in [0.717, 1.165) is 45.3 Å². The van der Waals surface area contributed by atoms with Crippen LogP contribution in [0.15, 0.2) is 30.3 Å². The number of carbonyl (C=O) groups excluding carboxylic acids is 2. The number of aryl methyl sites for hydroxylation is 1. The smallest absolute Gasteiger partial charge is 0.238 e. The van der Waals surface area contributed by atoms with Crippen LogP contribution < -0.4 is 5.73 Å². The van der Waals surface area contributed by atoms with Gasteiger partial charge >= 0.3 is 0 Å². The summed E-state index contributed by atoms with van der Waals surface area (Å²) in [6.45, 7) is 3.04. The lowest BCUT2D eigenvalue weighted by molar-refractivity contribution is -0.144. The van der Waals surface area contributed by atoms with E-state index in [-0.39, 0.29) is 11.9 Å². The minimum atomic E-state index is -0.898. The summed E-state index contributed by atoms with van der Waals surface area (Å²) in [6.07, 6.45) is 5.53. The molecule has 1 heterocycles. The number of benzene rings is 1. The quantitative estimate of drug-likeness (QED) is 0.768. The highest BCUT2D eigenvalue weighted by molar-refractivity contribution is 6.07. The molecule has 1 aromatic carbocycles. The molecule has 1 aliphatic heterocycles. The van der Waals surface area contributed by atoms with Gasteiger partial charge in [-0.3, -0.25) is 9.59 Å². The van der Waals surface area contributed by atoms with E-state index in [0.29, 0.717) is 12.8 Å². The van der Waals surface area contributed by atoms with Crippen LogP contribution in [0.4, 0.5) is 0 Å². The van der Waals surface area contributed by atoms with Gasteiger partial charge in [-0.25, -0.2) is 0 Å². The van der Waals surface area contributed by atoms with Crippen molar-refractivity contribution in [3.8, 4) is 0 Å². The van der Waals surface area contributed by atoms with Crippen molar-refractivity contribution in [2.75, 3.05) is 26.7 Å². The lowest BCUT2D eigenvalue weighted by Crippen LogP contribution is -2.52. The van der Waals surface area contributed by atoms with Gasteiger partial charge in [0.1, 0.15) is 5.41 Å². The van der Waals surface area contributed by atoms with E-state index in [1.54, 1.807) is 4.90 Å². The second-order valence-corrected chi connectivity index (χ2v) is 7.55. The summed E-state index contributed by atoms with van der Waals surface area (Å²) in [5, 5.41) is 0. The second kappa shape index (κ2) is 7.56. The third-order valence-electron chi connectivity index (χ3n) is 5.76. The van der Waals surface area contributed by atoms with Crippen molar-refractivity contribution in [2.45, 2.75) is 44.6 Å². The number of rotatable bonds is 7. The van der Waals surface area contributed by atoms with Gasteiger partial charge in [0.15, 0.2) is 0 Å². The van der Waals surface area contributed by atoms with Gasteiger partial charge in [0, 0.05) is 19.6 Å². The molecule has 25 heavy (non-hydrogen) atoms. The van der Waals surface area contributed by atoms with Gasteiger partial charge in [-0.15, -0.1) is 0 Å². The summed E-state index contributed by atoms with van der Waals surface area (Å²) in [5.41, 5.74) is 5.93. The number of carbonyl (C=O) groups is 2. The summed E-state index contributed by atoms with van der Waals surface area (Å²) in [4.78, 5) is 28.5. The van der Waals surface area contributed by atoms with Crippen molar-refractivity contribution in [3.63, 3.8) is 0 Å². The predicted octanol–water partition coefficient (Wildman–Crippen LogP) is 1.81. The van der Waals surface area contributed by atoms with Crippen LogP contribution in [0.5, 0.6) is 0 Å². The first-order valence-corrected chi connectivity index (χ1v) is 9.36. The molecular formula is C20H29N3O2. The number of hydrogen-bond acceptors (Lipinski definition) is 3. The summed E-state index contributed by atoms with van der Waals surface area (Å²) in [5.74, 6) is -0.531. The van der Waals surface area contributed by atoms with Crippen LogP contribution in [0.2, 0.25) is 0 Å². The lowest BCUT2D eigenvalue weighted by Gasteiger charge is -2.38. The topological polar surface area (TPSA) is 66.6 Å². The molecule has 3 rings (SSSR count). The van der Waals surface area contributed by atoms with Crippen LogP contribution in [0, 0.1) is 5.41 Å². The van der Waals surface area contributed by atoms with Crippen molar-refractivity contribution < 1.29 is 9.59 Å². The Morgan fingerprint density at radius 2 is 2.00 bits per heavy atom. The van der Waals surface area contributed by atoms with Crippen LogP contribution in [0.25, 0.3) is 0 Å². The maximum atomic E-state index is 12.7. The number of hydrogen-bond donors (Lipinski definition) is 1. The van der Waals surface area contributed by atoms with Gasteiger partial charge in [-0.2, -0.15) is 0 Å². The monoisotopic (exact) mass is 343 g/mol. The van der Waals surface area contributed by atoms with Crippen LogP contribution in [0.3, 0.4) is 0 Å². The molecule has 1 aromatic rings. The van der Waals surface area contributed by atoms with Crippen LogP contribution in [0.1, 0.15) is 37.7 Å². The molecule has 1 atom stereocenters. The van der Waals surface area contributed by atoms with Gasteiger partial charge in [-0.1, -0.05) is 30.3 Å². The molecular weight excluding hydrogens is 314 g/mol. The molecule has 2 aliphatic rings. The average Bonchev–Trinajstić information content (AvgIpc) is 3.44. The Balaban J connectivity index is 1.49. The molecule has 136 valence electrons. The molecule has 0 aromatic heterocycles. The Hall–Kier alpha value is -1.88. The molecule has 2 amide bonds. The average molecular weight is 343 g/mol. The molecule has 5 heteroatoms. The van der Waals surface area contributed by atoms with Crippen molar-refractivity contribution in [1.82, 2.24) is 9.80 Å². The Labute approximate surface area is 150 Å². The van der Waals surface area contributed by atoms with Crippen LogP contribution >= 0.6 is 0 Å². The Kier molecular flexibility index (Phi) is 5.42. The number of nitrogens with zero attached hydrogens (tertiary/aromatic N) is 2. The molecule has 1 aliphatic carbocycles. The molecule has 0 unspecified atom stereocenters. The summed E-state index contributed by atoms with van der Waals surface area (Å²) in [6, 6.07) is 10.7. The van der Waals surface area contributed by atoms with Crippen molar-refractivity contribution in [2.24, 2.45) is 11.1 Å². The fourth-order valence-corrected chi connectivity index (χ4v) is 3.90. The van der Waals surface area contributed by atoms with E-state index >= 15 is 0 Å². The number of primary amides is 1. The van der Waals surface area contributed by atoms with Gasteiger partial charge in [-0.05, 0) is 57.2 Å². The van der Waals surface area contributed by atoms with Gasteiger partial charge in [0.25, 0.3) is 0 Å². The van der Waals surface area contributed by atoms with Gasteiger partial charge in [0.05, 0.1) is 0 Å². The zero-order valence-electron chi connectivity index (χ0n) is 15.1. The predicted molar refractivity (Wildman–Crippen MR) is 97.9 cm³/mol. The summed E-state index contributed by atoms with van der Waals surface area (Å²) < 4.78 is 0. The van der Waals surface area contributed by atoms with E-state index in [1.165, 1.54) is 5.56 Å². The Morgan fingerprint density at radius 1 is 1.28 bits per heavy atom. The zero-order valence-corrected chi connectivity index (χ0v) is 15.1. The molecule has 0 bridgehead atoms. The second-order valence-electron chi connectivity index (χ2n) is 7.55. The number of likely N-dealkylation sites (N-methyl/N-ethyl adjacent to an activating group) is 1. The van der Waals surface area contributed by atoms with Gasteiger partial charge < -0.3 is 15.5 Å². The minimum absolute atomic E-state index is 0.0730. The molecule has 5 nitrogen and oxygen atoms in total. The summed E-state index contributed by atoms with van der Waals surface area (Å²) in [7, 11) is 1.84. The fourth-order valence-electron chi connectivity index (χ4n) is 3.90. The molecule has 1 saturated heterocycles. The lowest BCUT2D eigenvalue weighted by atomic mass is 9.99. The van der Waals surface area contributed by atoms with Crippen molar-refractivity contribution in [3.05, 3.63) is 35.9 Å². The van der Waals surface area contributed by atoms with Crippen LogP contribution in [-0.4, -0.2) is 54.3 Å². The largest absolute Gasteiger partial charge is 0.369 e. The normalized spacial score (nSPS) is 22.4. The number of piperidine rings is 1. The van der Waals surface area contributed by atoms with Crippen LogP contribution in [-0.2, 0) is 16.0 Å². The molecule has 0 radical (unpaired) electrons. The maximum absolute atomic E-state index is 12.7. The van der Waals surface area contributed by atoms with E-state index in [2.05, 4.69) is 29.2 Å². The molecule has 2 fully saturated rings. The SMILES string of the molecule is CN(C(=O)C1(C(N)=O)CC1)[C@H]1CCCN(CCCc2ccccc2)C1. The standard InChI is InChI=1S/C20H29N3O2/c1-22(19(25)20(11-12-20)18(21)24)17-10-6-14-23(15-17)13-5-9-16-7-3-2-4-8-16/h2-4,7-8,17H,5-6,9-15H2,1H3,(H2,21,24)/t17-/m0/s1. The highest BCUT2D eigenvalue weighted by atomic mass is 16.2. The van der Waals surface area contributed by atoms with Crippen molar-refractivity contribution in [1.29, 1.82) is 0 Å². The third kappa shape index (κ3) is 4.03. The minimum Gasteiger partial charge on any atom is -0.369 e. The summed E-state index contributed by atoms with van der Waals surface area (Å²) >= 11 is 0. The third-order valence-corrected chi connectivity index (χ3v) is 5.76. The zero-order chi connectivity index (χ0) is 17.9. The highest BCUT2D eigenvalue weighted by Crippen LogP contribution is 2.47. The van der Waals surface area contributed by atoms with Crippen molar-refractivity contribution >= 4 is 11.8 Å². The fraction of sp³-hybridized carbons (Fsp3) is 0.600. The molecule has 2 N–H and O–H groups in total. The van der Waals surface area contributed by atoms with E-state index < -0.39 is 11.3 Å². The van der Waals surface area contributed by atoms with E-state index in [1.807, 2.05) is 13.1 Å². The Morgan fingerprint density at radius 3 is 2.64 bits per heavy atom. The van der Waals surface area contributed by atoms with E-state index in [9.17, 15) is 9.59 Å². The Bertz CT molecular complexity index is 613. The number of amides is 2. The first-order chi connectivity index (χ1) is 12.0. The highest BCUT2D eigenvalue weighted by Gasteiger charge is 2.57.